The van der Waals surface area contributed by atoms with Crippen LogP contribution in [0.5, 0.6) is 5.75 Å². The highest BCUT2D eigenvalue weighted by atomic mass is 32.2. The van der Waals surface area contributed by atoms with E-state index in [-0.39, 0.29) is 22.3 Å². The summed E-state index contributed by atoms with van der Waals surface area (Å²) in [5.74, 6) is -1.22. The highest BCUT2D eigenvalue weighted by Gasteiger charge is 2.48. The Balaban J connectivity index is 1.57. The molecular formula is C30H26FN3O4S2. The lowest BCUT2D eigenvalue weighted by molar-refractivity contribution is -0.132. The fourth-order valence-corrected chi connectivity index (χ4v) is 6.36. The van der Waals surface area contributed by atoms with E-state index in [0.717, 1.165) is 22.5 Å². The minimum Gasteiger partial charge on any atom is -0.507 e. The molecular weight excluding hydrogens is 549 g/mol. The quantitative estimate of drug-likeness (QED) is 0.0831. The van der Waals surface area contributed by atoms with Crippen molar-refractivity contribution in [2.45, 2.75) is 36.9 Å². The smallest absolute Gasteiger partial charge is 0.301 e. The van der Waals surface area contributed by atoms with Gasteiger partial charge in [-0.3, -0.25) is 14.5 Å². The summed E-state index contributed by atoms with van der Waals surface area (Å²) < 4.78 is 20.2. The lowest BCUT2D eigenvalue weighted by Crippen LogP contribution is -2.29. The number of carbonyl (C=O) groups excluding carboxylic acids is 2. The third-order valence-electron chi connectivity index (χ3n) is 6.51. The number of hydrogen-bond acceptors (Lipinski definition) is 8. The lowest BCUT2D eigenvalue weighted by atomic mass is 9.93. The summed E-state index contributed by atoms with van der Waals surface area (Å²) in [6, 6.07) is 18.1. The Kier molecular flexibility index (Phi) is 7.99. The summed E-state index contributed by atoms with van der Waals surface area (Å²) >= 11 is 2.41. The normalized spacial score (nSPS) is 16.5. The molecule has 0 bridgehead atoms. The molecule has 10 heteroatoms. The molecule has 1 unspecified atom stereocenters. The number of carbonyl (C=O) groups is 2. The van der Waals surface area contributed by atoms with Crippen molar-refractivity contribution in [2.75, 3.05) is 11.5 Å². The molecule has 4 aromatic rings. The van der Waals surface area contributed by atoms with Gasteiger partial charge in [0.25, 0.3) is 5.78 Å². The number of nitrogens with zero attached hydrogens (tertiary/aromatic N) is 3. The van der Waals surface area contributed by atoms with Gasteiger partial charge in [0, 0.05) is 11.3 Å². The number of Topliss-reactive ketones (excluding diaryl/α,β-unsaturated/α-hetero) is 1. The minimum absolute atomic E-state index is 0.0291. The number of aliphatic hydroxyl groups excluding tert-OH is 1. The first-order chi connectivity index (χ1) is 19.3. The standard InChI is InChI=1S/C30H26FN3O4S2/c1-4-38-21-13-11-19(12-14-21)25-24(26(35)22-15-17(2)9-10-18(22)3)27(36)28(37)34(25)29-32-33-30(40-29)39-16-20-7-5-6-8-23(20)31/h5-15,25,35H,4,16H2,1-3H3/b26-24+. The van der Waals surface area contributed by atoms with Crippen molar-refractivity contribution >= 4 is 45.7 Å². The van der Waals surface area contributed by atoms with Crippen LogP contribution in [0.25, 0.3) is 5.76 Å². The molecule has 1 atom stereocenters. The van der Waals surface area contributed by atoms with E-state index >= 15 is 0 Å². The van der Waals surface area contributed by atoms with Crippen molar-refractivity contribution in [1.29, 1.82) is 0 Å². The SMILES string of the molecule is CCOc1ccc(C2/C(=C(\O)c3cc(C)ccc3C)C(=O)C(=O)N2c2nnc(SCc3ccccc3F)s2)cc1. The molecule has 0 radical (unpaired) electrons. The second-order valence-corrected chi connectivity index (χ2v) is 11.4. The maximum Gasteiger partial charge on any atom is 0.301 e. The number of aryl methyl sites for hydroxylation is 2. The van der Waals surface area contributed by atoms with E-state index < -0.39 is 17.7 Å². The number of aromatic nitrogens is 2. The summed E-state index contributed by atoms with van der Waals surface area (Å²) in [7, 11) is 0. The van der Waals surface area contributed by atoms with Crippen molar-refractivity contribution in [3.05, 3.63) is 106 Å². The molecule has 1 aliphatic rings. The predicted molar refractivity (Wildman–Crippen MR) is 154 cm³/mol. The number of ketones is 1. The Bertz CT molecular complexity index is 1620. The fourth-order valence-electron chi connectivity index (χ4n) is 4.51. The van der Waals surface area contributed by atoms with Crippen LogP contribution >= 0.6 is 23.1 Å². The van der Waals surface area contributed by atoms with Gasteiger partial charge in [0.2, 0.25) is 5.13 Å². The van der Waals surface area contributed by atoms with Crippen molar-refractivity contribution < 1.29 is 23.8 Å². The Labute approximate surface area is 239 Å². The number of hydrogen-bond donors (Lipinski definition) is 1. The predicted octanol–water partition coefficient (Wildman–Crippen LogP) is 6.61. The van der Waals surface area contributed by atoms with Gasteiger partial charge in [-0.2, -0.15) is 0 Å². The topological polar surface area (TPSA) is 92.6 Å². The molecule has 1 aliphatic heterocycles. The molecule has 2 heterocycles. The molecule has 1 aromatic heterocycles. The van der Waals surface area contributed by atoms with E-state index in [1.165, 1.54) is 22.7 Å². The summed E-state index contributed by atoms with van der Waals surface area (Å²) in [5.41, 5.74) is 3.24. The molecule has 5 rings (SSSR count). The fraction of sp³-hybridized carbons (Fsp3) is 0.200. The van der Waals surface area contributed by atoms with Crippen LogP contribution in [0.1, 0.15) is 40.8 Å². The zero-order chi connectivity index (χ0) is 28.4. The number of amides is 1. The Hall–Kier alpha value is -4.02. The largest absolute Gasteiger partial charge is 0.507 e. The van der Waals surface area contributed by atoms with E-state index in [2.05, 4.69) is 10.2 Å². The first kappa shape index (κ1) is 27.5. The van der Waals surface area contributed by atoms with E-state index in [4.69, 9.17) is 4.74 Å². The van der Waals surface area contributed by atoms with Gasteiger partial charge in [0.1, 0.15) is 17.3 Å². The third kappa shape index (κ3) is 5.37. The molecule has 1 saturated heterocycles. The monoisotopic (exact) mass is 575 g/mol. The zero-order valence-electron chi connectivity index (χ0n) is 22.1. The number of anilines is 1. The van der Waals surface area contributed by atoms with Crippen molar-refractivity contribution in [2.24, 2.45) is 0 Å². The van der Waals surface area contributed by atoms with Crippen molar-refractivity contribution in [3.63, 3.8) is 0 Å². The molecule has 0 spiro atoms. The maximum atomic E-state index is 14.1. The van der Waals surface area contributed by atoms with Crippen LogP contribution in [-0.2, 0) is 15.3 Å². The number of thioether (sulfide) groups is 1. The van der Waals surface area contributed by atoms with Crippen molar-refractivity contribution in [3.8, 4) is 5.75 Å². The molecule has 1 amide bonds. The van der Waals surface area contributed by atoms with Gasteiger partial charge >= 0.3 is 5.91 Å². The van der Waals surface area contributed by atoms with E-state index in [1.54, 1.807) is 48.5 Å². The third-order valence-corrected chi connectivity index (χ3v) is 8.62. The molecule has 0 saturated carbocycles. The molecule has 0 aliphatic carbocycles. The molecule has 1 fully saturated rings. The van der Waals surface area contributed by atoms with Gasteiger partial charge < -0.3 is 9.84 Å². The second-order valence-electron chi connectivity index (χ2n) is 9.22. The average Bonchev–Trinajstić information content (AvgIpc) is 3.52. The molecule has 204 valence electrons. The Morgan fingerprint density at radius 3 is 2.55 bits per heavy atom. The average molecular weight is 576 g/mol. The summed E-state index contributed by atoms with van der Waals surface area (Å²) in [6.07, 6.45) is 0. The first-order valence-corrected chi connectivity index (χ1v) is 14.4. The summed E-state index contributed by atoms with van der Waals surface area (Å²) in [6.45, 7) is 6.09. The van der Waals surface area contributed by atoms with Gasteiger partial charge in [0.15, 0.2) is 4.34 Å². The van der Waals surface area contributed by atoms with Gasteiger partial charge in [-0.25, -0.2) is 4.39 Å². The maximum absolute atomic E-state index is 14.1. The Morgan fingerprint density at radius 1 is 1.07 bits per heavy atom. The highest BCUT2D eigenvalue weighted by Crippen LogP contribution is 2.44. The van der Waals surface area contributed by atoms with Crippen LogP contribution < -0.4 is 9.64 Å². The number of benzene rings is 3. The van der Waals surface area contributed by atoms with Gasteiger partial charge in [-0.15, -0.1) is 10.2 Å². The van der Waals surface area contributed by atoms with Gasteiger partial charge in [-0.05, 0) is 61.7 Å². The molecule has 1 N–H and O–H groups in total. The lowest BCUT2D eigenvalue weighted by Gasteiger charge is -2.23. The van der Waals surface area contributed by atoms with E-state index in [9.17, 15) is 19.1 Å². The number of ether oxygens (including phenoxy) is 1. The van der Waals surface area contributed by atoms with E-state index in [1.807, 2.05) is 32.9 Å². The summed E-state index contributed by atoms with van der Waals surface area (Å²) in [5, 5.41) is 20.1. The number of halogens is 1. The van der Waals surface area contributed by atoms with Crippen LogP contribution in [0.3, 0.4) is 0 Å². The van der Waals surface area contributed by atoms with Gasteiger partial charge in [0.05, 0.1) is 18.2 Å². The molecule has 40 heavy (non-hydrogen) atoms. The highest BCUT2D eigenvalue weighted by molar-refractivity contribution is 8.00. The van der Waals surface area contributed by atoms with Crippen LogP contribution in [0.4, 0.5) is 9.52 Å². The van der Waals surface area contributed by atoms with Crippen LogP contribution in [0.2, 0.25) is 0 Å². The first-order valence-electron chi connectivity index (χ1n) is 12.6. The number of aliphatic hydroxyl groups is 1. The molecule has 7 nitrogen and oxygen atoms in total. The number of rotatable bonds is 8. The van der Waals surface area contributed by atoms with Crippen molar-refractivity contribution in [1.82, 2.24) is 10.2 Å². The van der Waals surface area contributed by atoms with Crippen LogP contribution in [-0.4, -0.2) is 33.6 Å². The van der Waals surface area contributed by atoms with Gasteiger partial charge in [-0.1, -0.05) is 71.1 Å². The van der Waals surface area contributed by atoms with Crippen LogP contribution in [0, 0.1) is 19.7 Å². The Morgan fingerprint density at radius 2 is 1.82 bits per heavy atom. The van der Waals surface area contributed by atoms with Crippen LogP contribution in [0.15, 0.2) is 76.6 Å². The zero-order valence-corrected chi connectivity index (χ0v) is 23.7. The molecule has 3 aromatic carbocycles. The summed E-state index contributed by atoms with van der Waals surface area (Å²) in [4.78, 5) is 28.2. The van der Waals surface area contributed by atoms with E-state index in [0.29, 0.717) is 39.1 Å². The minimum atomic E-state index is -0.937. The second kappa shape index (κ2) is 11.6.